The van der Waals surface area contributed by atoms with Gasteiger partial charge in [0.2, 0.25) is 5.91 Å². The molecule has 2 aromatic carbocycles. The summed E-state index contributed by atoms with van der Waals surface area (Å²) in [6, 6.07) is 16.5. The van der Waals surface area contributed by atoms with Crippen LogP contribution >= 0.6 is 34.4 Å². The molecular weight excluding hydrogens is 537 g/mol. The van der Waals surface area contributed by atoms with Gasteiger partial charge in [-0.1, -0.05) is 43.8 Å². The van der Waals surface area contributed by atoms with Crippen LogP contribution in [0.4, 0.5) is 5.69 Å². The summed E-state index contributed by atoms with van der Waals surface area (Å²) in [4.78, 5) is 25.1. The third kappa shape index (κ3) is 6.32. The molecule has 0 aliphatic carbocycles. The molecule has 9 heteroatoms. The van der Waals surface area contributed by atoms with Crippen LogP contribution in [0.2, 0.25) is 0 Å². The van der Waals surface area contributed by atoms with E-state index in [1.54, 1.807) is 12.1 Å². The van der Waals surface area contributed by atoms with Gasteiger partial charge in [0.15, 0.2) is 11.0 Å². The molecule has 0 spiro atoms. The summed E-state index contributed by atoms with van der Waals surface area (Å²) < 4.78 is 3.07. The van der Waals surface area contributed by atoms with Gasteiger partial charge in [-0.25, -0.2) is 0 Å². The number of hydrogen-bond donors (Lipinski definition) is 2. The van der Waals surface area contributed by atoms with Crippen molar-refractivity contribution in [2.24, 2.45) is 5.92 Å². The van der Waals surface area contributed by atoms with E-state index in [9.17, 15) is 9.59 Å². The number of nitrogens with one attached hydrogen (secondary N) is 2. The lowest BCUT2D eigenvalue weighted by Gasteiger charge is -2.22. The second-order valence-corrected chi connectivity index (χ2v) is 9.68. The van der Waals surface area contributed by atoms with E-state index in [4.69, 9.17) is 0 Å². The first-order chi connectivity index (χ1) is 15.4. The van der Waals surface area contributed by atoms with E-state index < -0.39 is 0 Å². The quantitative estimate of drug-likeness (QED) is 0.290. The minimum absolute atomic E-state index is 0.110. The van der Waals surface area contributed by atoms with Crippen molar-refractivity contribution < 1.29 is 9.59 Å². The Hall–Kier alpha value is -2.40. The smallest absolute Gasteiger partial charge is 0.251 e. The highest BCUT2D eigenvalue weighted by Gasteiger charge is 2.26. The Labute approximate surface area is 205 Å². The summed E-state index contributed by atoms with van der Waals surface area (Å²) in [5.41, 5.74) is 1.36. The molecule has 3 aromatic rings. The number of hydrogen-bond acceptors (Lipinski definition) is 5. The Morgan fingerprint density at radius 2 is 1.75 bits per heavy atom. The number of benzene rings is 2. The molecule has 0 unspecified atom stereocenters. The lowest BCUT2D eigenvalue weighted by molar-refractivity contribution is -0.113. The summed E-state index contributed by atoms with van der Waals surface area (Å²) in [5.74, 6) is 0.751. The molecular formula is C23H26IN5O2S. The normalized spacial score (nSPS) is 11.9. The molecule has 2 amide bonds. The van der Waals surface area contributed by atoms with Crippen molar-refractivity contribution >= 4 is 51.9 Å². The fourth-order valence-electron chi connectivity index (χ4n) is 3.14. The van der Waals surface area contributed by atoms with Gasteiger partial charge in [0.25, 0.3) is 5.91 Å². The van der Waals surface area contributed by atoms with Gasteiger partial charge in [-0.05, 0) is 71.8 Å². The number of carbonyl (C=O) groups excluding carboxylic acids is 2. The molecule has 7 nitrogen and oxygen atoms in total. The largest absolute Gasteiger partial charge is 0.342 e. The number of aromatic nitrogens is 3. The number of thioether (sulfide) groups is 1. The van der Waals surface area contributed by atoms with Crippen LogP contribution in [0.5, 0.6) is 0 Å². The van der Waals surface area contributed by atoms with Gasteiger partial charge in [-0.3, -0.25) is 9.59 Å². The van der Waals surface area contributed by atoms with Gasteiger partial charge >= 0.3 is 0 Å². The molecule has 168 valence electrons. The van der Waals surface area contributed by atoms with E-state index in [2.05, 4.69) is 43.4 Å². The van der Waals surface area contributed by atoms with Crippen molar-refractivity contribution in [3.63, 3.8) is 0 Å². The van der Waals surface area contributed by atoms with Crippen molar-refractivity contribution in [3.8, 4) is 0 Å². The Morgan fingerprint density at radius 1 is 1.06 bits per heavy atom. The van der Waals surface area contributed by atoms with Crippen LogP contribution in [0, 0.1) is 9.49 Å². The molecule has 3 rings (SSSR count). The second kappa shape index (κ2) is 11.5. The lowest BCUT2D eigenvalue weighted by atomic mass is 10.0. The molecule has 0 aliphatic heterocycles. The highest BCUT2D eigenvalue weighted by molar-refractivity contribution is 14.1. The summed E-state index contributed by atoms with van der Waals surface area (Å²) in [7, 11) is 0. The first kappa shape index (κ1) is 24.2. The molecule has 2 N–H and O–H groups in total. The van der Waals surface area contributed by atoms with Crippen LogP contribution in [-0.4, -0.2) is 32.3 Å². The van der Waals surface area contributed by atoms with Crippen LogP contribution in [0.1, 0.15) is 43.0 Å². The Kier molecular flexibility index (Phi) is 8.68. The Bertz CT molecular complexity index is 1050. The van der Waals surface area contributed by atoms with E-state index >= 15 is 0 Å². The highest BCUT2D eigenvalue weighted by atomic mass is 127. The molecule has 1 aromatic heterocycles. The van der Waals surface area contributed by atoms with Gasteiger partial charge in [-0.2, -0.15) is 0 Å². The van der Waals surface area contributed by atoms with Gasteiger partial charge < -0.3 is 15.2 Å². The fourth-order valence-corrected chi connectivity index (χ4v) is 4.31. The van der Waals surface area contributed by atoms with Gasteiger partial charge in [0.05, 0.1) is 11.8 Å². The minimum Gasteiger partial charge on any atom is -0.342 e. The zero-order valence-electron chi connectivity index (χ0n) is 18.2. The molecule has 0 saturated carbocycles. The average Bonchev–Trinajstić information content (AvgIpc) is 3.20. The number of nitrogens with zero attached hydrogens (tertiary/aromatic N) is 3. The zero-order chi connectivity index (χ0) is 23.1. The maximum atomic E-state index is 12.7. The summed E-state index contributed by atoms with van der Waals surface area (Å²) in [6.45, 7) is 6.70. The number of carbonyl (C=O) groups is 2. The van der Waals surface area contributed by atoms with Crippen molar-refractivity contribution in [3.05, 3.63) is 69.6 Å². The van der Waals surface area contributed by atoms with E-state index in [0.717, 1.165) is 9.26 Å². The van der Waals surface area contributed by atoms with E-state index in [1.807, 2.05) is 67.8 Å². The SMILES string of the molecule is CCn1c(SCC(=O)Nc2ccc(I)cc2)nnc1[C@H](NC(=O)c1ccccc1)C(C)C. The number of anilines is 1. The summed E-state index contributed by atoms with van der Waals surface area (Å²) in [5, 5.41) is 15.3. The van der Waals surface area contributed by atoms with Crippen LogP contribution in [-0.2, 0) is 11.3 Å². The summed E-state index contributed by atoms with van der Waals surface area (Å²) in [6.07, 6.45) is 0. The third-order valence-electron chi connectivity index (χ3n) is 4.79. The monoisotopic (exact) mass is 563 g/mol. The fraction of sp³-hybridized carbons (Fsp3) is 0.304. The number of halogens is 1. The van der Waals surface area contributed by atoms with E-state index in [-0.39, 0.29) is 29.5 Å². The topological polar surface area (TPSA) is 88.9 Å². The first-order valence-electron chi connectivity index (χ1n) is 10.4. The van der Waals surface area contributed by atoms with Crippen LogP contribution in [0.25, 0.3) is 0 Å². The molecule has 32 heavy (non-hydrogen) atoms. The highest BCUT2D eigenvalue weighted by Crippen LogP contribution is 2.25. The van der Waals surface area contributed by atoms with E-state index in [0.29, 0.717) is 23.1 Å². The van der Waals surface area contributed by atoms with Crippen molar-refractivity contribution in [2.45, 2.75) is 38.5 Å². The number of amides is 2. The molecule has 0 fully saturated rings. The predicted octanol–water partition coefficient (Wildman–Crippen LogP) is 4.76. The molecule has 0 bridgehead atoms. The molecule has 0 saturated heterocycles. The average molecular weight is 563 g/mol. The molecule has 1 heterocycles. The molecule has 0 radical (unpaired) electrons. The number of rotatable bonds is 9. The Balaban J connectivity index is 1.69. The Morgan fingerprint density at radius 3 is 2.38 bits per heavy atom. The minimum atomic E-state index is -0.301. The zero-order valence-corrected chi connectivity index (χ0v) is 21.2. The summed E-state index contributed by atoms with van der Waals surface area (Å²) >= 11 is 3.55. The first-order valence-corrected chi connectivity index (χ1v) is 12.4. The van der Waals surface area contributed by atoms with Crippen molar-refractivity contribution in [2.75, 3.05) is 11.1 Å². The van der Waals surface area contributed by atoms with Crippen LogP contribution in [0.15, 0.2) is 59.8 Å². The van der Waals surface area contributed by atoms with Crippen LogP contribution in [0.3, 0.4) is 0 Å². The van der Waals surface area contributed by atoms with Gasteiger partial charge in [-0.15, -0.1) is 10.2 Å². The van der Waals surface area contributed by atoms with Crippen LogP contribution < -0.4 is 10.6 Å². The van der Waals surface area contributed by atoms with Crippen molar-refractivity contribution in [1.82, 2.24) is 20.1 Å². The van der Waals surface area contributed by atoms with Gasteiger partial charge in [0.1, 0.15) is 0 Å². The lowest BCUT2D eigenvalue weighted by Crippen LogP contribution is -2.33. The third-order valence-corrected chi connectivity index (χ3v) is 6.48. The maximum Gasteiger partial charge on any atom is 0.251 e. The molecule has 1 atom stereocenters. The standard InChI is InChI=1S/C23H26IN5O2S/c1-4-29-21(20(15(2)3)26-22(31)16-8-6-5-7-9-16)27-28-23(29)32-14-19(30)25-18-12-10-17(24)11-13-18/h5-13,15,20H,4,14H2,1-3H3,(H,25,30)(H,26,31)/t20-/m1/s1. The maximum absolute atomic E-state index is 12.7. The molecule has 0 aliphatic rings. The second-order valence-electron chi connectivity index (χ2n) is 7.49. The predicted molar refractivity (Wildman–Crippen MR) is 136 cm³/mol. The van der Waals surface area contributed by atoms with Crippen molar-refractivity contribution in [1.29, 1.82) is 0 Å². The van der Waals surface area contributed by atoms with E-state index in [1.165, 1.54) is 11.8 Å². The van der Waals surface area contributed by atoms with Gasteiger partial charge in [0, 0.05) is 21.4 Å².